The maximum atomic E-state index is 13.5. The van der Waals surface area contributed by atoms with Gasteiger partial charge in [-0.25, -0.2) is 0 Å². The molecule has 10 heteroatoms. The Balaban J connectivity index is 0.832. The zero-order valence-electron chi connectivity index (χ0n) is 29.2. The molecule has 2 atom stereocenters. The molecule has 2 amide bonds. The average Bonchev–Trinajstić information content (AvgIpc) is 4.02. The number of carbonyl (C=O) groups excluding carboxylic acids is 2. The van der Waals surface area contributed by atoms with Crippen LogP contribution in [0.2, 0.25) is 0 Å². The number of aromatic nitrogens is 4. The van der Waals surface area contributed by atoms with Gasteiger partial charge in [-0.2, -0.15) is 9.97 Å². The van der Waals surface area contributed by atoms with E-state index in [2.05, 4.69) is 68.8 Å². The van der Waals surface area contributed by atoms with Crippen LogP contribution in [0.15, 0.2) is 106 Å². The number of carbonyl (C=O) groups is 2. The first kappa shape index (κ1) is 33.5. The third-order valence-corrected chi connectivity index (χ3v) is 10.4. The summed E-state index contributed by atoms with van der Waals surface area (Å²) in [6, 6.07) is 32.2. The summed E-state index contributed by atoms with van der Waals surface area (Å²) in [5, 5.41) is 10.2. The third-order valence-electron chi connectivity index (χ3n) is 10.4. The van der Waals surface area contributed by atoms with Gasteiger partial charge in [-0.05, 0) is 84.7 Å². The first-order valence-electron chi connectivity index (χ1n) is 18.4. The van der Waals surface area contributed by atoms with E-state index < -0.39 is 0 Å². The van der Waals surface area contributed by atoms with Crippen molar-refractivity contribution >= 4 is 22.6 Å². The SMILES string of the molecule is O=C(c1ccc2cc(C(=O)N3CC[C@@H](c4nc(CCCc5ccccc5)no4)C3)ccc2c1)N1CC[C@@H](c2nc(CCCc3ccccc3)no2)C1. The van der Waals surface area contributed by atoms with Crippen LogP contribution in [0.3, 0.4) is 0 Å². The molecule has 2 fully saturated rings. The molecular formula is C42H42N6O4. The summed E-state index contributed by atoms with van der Waals surface area (Å²) >= 11 is 0. The van der Waals surface area contributed by atoms with Gasteiger partial charge in [0, 0.05) is 50.1 Å². The van der Waals surface area contributed by atoms with Crippen LogP contribution in [0.25, 0.3) is 10.8 Å². The molecular weight excluding hydrogens is 652 g/mol. The van der Waals surface area contributed by atoms with Crippen molar-refractivity contribution in [2.75, 3.05) is 26.2 Å². The molecule has 4 aromatic carbocycles. The first-order chi connectivity index (χ1) is 25.6. The van der Waals surface area contributed by atoms with E-state index in [1.807, 2.05) is 58.3 Å². The number of fused-ring (bicyclic) bond motifs is 1. The van der Waals surface area contributed by atoms with Crippen molar-refractivity contribution in [1.29, 1.82) is 0 Å². The summed E-state index contributed by atoms with van der Waals surface area (Å²) in [6.45, 7) is 2.37. The second kappa shape index (κ2) is 15.3. The lowest BCUT2D eigenvalue weighted by molar-refractivity contribution is 0.0781. The molecule has 264 valence electrons. The number of amides is 2. The Morgan fingerprint density at radius 1 is 0.577 bits per heavy atom. The lowest BCUT2D eigenvalue weighted by Gasteiger charge is -2.17. The normalized spacial score (nSPS) is 17.3. The van der Waals surface area contributed by atoms with E-state index in [1.165, 1.54) is 11.1 Å². The van der Waals surface area contributed by atoms with Gasteiger partial charge in [0.25, 0.3) is 11.8 Å². The van der Waals surface area contributed by atoms with Crippen molar-refractivity contribution in [2.24, 2.45) is 0 Å². The maximum absolute atomic E-state index is 13.5. The van der Waals surface area contributed by atoms with Gasteiger partial charge in [0.1, 0.15) is 0 Å². The number of hydrogen-bond donors (Lipinski definition) is 0. The number of likely N-dealkylation sites (tertiary alicyclic amines) is 2. The van der Waals surface area contributed by atoms with Gasteiger partial charge >= 0.3 is 0 Å². The second-order valence-electron chi connectivity index (χ2n) is 14.0. The van der Waals surface area contributed by atoms with Crippen LogP contribution >= 0.6 is 0 Å². The molecule has 52 heavy (non-hydrogen) atoms. The first-order valence-corrected chi connectivity index (χ1v) is 18.4. The highest BCUT2D eigenvalue weighted by Crippen LogP contribution is 2.30. The average molecular weight is 695 g/mol. The molecule has 0 bridgehead atoms. The summed E-state index contributed by atoms with van der Waals surface area (Å²) in [5.41, 5.74) is 3.86. The standard InChI is InChI=1S/C42H42N6O4/c49-41(47-23-21-35(27-47)39-43-37(45-51-39)15-7-13-29-9-3-1-4-10-29)33-19-17-32-26-34(20-18-31(32)25-33)42(50)48-24-22-36(28-48)40-44-38(46-52-40)16-8-14-30-11-5-2-6-12-30/h1-6,9-12,17-20,25-26,35-36H,7-8,13-16,21-24,27-28H2/t35-,36-/m1/s1. The number of nitrogens with zero attached hydrogens (tertiary/aromatic N) is 6. The van der Waals surface area contributed by atoms with Crippen LogP contribution in [0.5, 0.6) is 0 Å². The molecule has 4 heterocycles. The maximum Gasteiger partial charge on any atom is 0.253 e. The van der Waals surface area contributed by atoms with Crippen LogP contribution < -0.4 is 0 Å². The summed E-state index contributed by atoms with van der Waals surface area (Å²) in [4.78, 5) is 40.1. The summed E-state index contributed by atoms with van der Waals surface area (Å²) in [5.74, 6) is 2.70. The van der Waals surface area contributed by atoms with Crippen LogP contribution in [0.4, 0.5) is 0 Å². The molecule has 0 N–H and O–H groups in total. The molecule has 0 radical (unpaired) electrons. The lowest BCUT2D eigenvalue weighted by atomic mass is 10.0. The highest BCUT2D eigenvalue weighted by molar-refractivity contribution is 6.02. The fourth-order valence-corrected chi connectivity index (χ4v) is 7.43. The van der Waals surface area contributed by atoms with Gasteiger partial charge in [-0.15, -0.1) is 0 Å². The molecule has 6 aromatic rings. The predicted octanol–water partition coefficient (Wildman–Crippen LogP) is 7.22. The predicted molar refractivity (Wildman–Crippen MR) is 196 cm³/mol. The number of benzene rings is 4. The highest BCUT2D eigenvalue weighted by atomic mass is 16.5. The van der Waals surface area contributed by atoms with E-state index in [1.54, 1.807) is 0 Å². The molecule has 2 saturated heterocycles. The van der Waals surface area contributed by atoms with Crippen molar-refractivity contribution in [3.63, 3.8) is 0 Å². The fraction of sp³-hybridized carbons (Fsp3) is 0.333. The van der Waals surface area contributed by atoms with E-state index in [4.69, 9.17) is 9.05 Å². The van der Waals surface area contributed by atoms with Crippen molar-refractivity contribution < 1.29 is 18.6 Å². The van der Waals surface area contributed by atoms with Crippen molar-refractivity contribution in [3.05, 3.63) is 143 Å². The molecule has 10 nitrogen and oxygen atoms in total. The largest absolute Gasteiger partial charge is 0.339 e. The Labute approximate surface area is 302 Å². The van der Waals surface area contributed by atoms with E-state index in [0.29, 0.717) is 49.1 Å². The van der Waals surface area contributed by atoms with Crippen LogP contribution in [-0.4, -0.2) is 68.1 Å². The van der Waals surface area contributed by atoms with Crippen molar-refractivity contribution in [2.45, 2.75) is 63.2 Å². The van der Waals surface area contributed by atoms with E-state index in [0.717, 1.165) is 73.8 Å². The Morgan fingerprint density at radius 2 is 1.02 bits per heavy atom. The molecule has 0 saturated carbocycles. The molecule has 0 aliphatic carbocycles. The number of aryl methyl sites for hydroxylation is 4. The van der Waals surface area contributed by atoms with E-state index in [-0.39, 0.29) is 23.7 Å². The molecule has 2 aliphatic heterocycles. The van der Waals surface area contributed by atoms with Gasteiger partial charge in [0.05, 0.1) is 11.8 Å². The zero-order chi connectivity index (χ0) is 35.3. The molecule has 8 rings (SSSR count). The summed E-state index contributed by atoms with van der Waals surface area (Å²) < 4.78 is 11.2. The van der Waals surface area contributed by atoms with Gasteiger partial charge in [-0.1, -0.05) is 83.1 Å². The van der Waals surface area contributed by atoms with Gasteiger partial charge < -0.3 is 18.8 Å². The van der Waals surface area contributed by atoms with Crippen LogP contribution in [0, 0.1) is 0 Å². The molecule has 0 spiro atoms. The second-order valence-corrected chi connectivity index (χ2v) is 14.0. The minimum absolute atomic E-state index is 0.0179. The quantitative estimate of drug-likeness (QED) is 0.132. The van der Waals surface area contributed by atoms with E-state index in [9.17, 15) is 9.59 Å². The monoisotopic (exact) mass is 694 g/mol. The third kappa shape index (κ3) is 7.66. The molecule has 2 aliphatic rings. The summed E-state index contributed by atoms with van der Waals surface area (Å²) in [6.07, 6.45) is 6.94. The van der Waals surface area contributed by atoms with Gasteiger partial charge in [-0.3, -0.25) is 9.59 Å². The Hall–Kier alpha value is -5.64. The minimum Gasteiger partial charge on any atom is -0.339 e. The summed E-state index contributed by atoms with van der Waals surface area (Å²) in [7, 11) is 0. The van der Waals surface area contributed by atoms with Crippen LogP contribution in [-0.2, 0) is 25.7 Å². The lowest BCUT2D eigenvalue weighted by Crippen LogP contribution is -2.28. The minimum atomic E-state index is -0.0179. The van der Waals surface area contributed by atoms with Gasteiger partial charge in [0.2, 0.25) is 11.8 Å². The van der Waals surface area contributed by atoms with Crippen LogP contribution in [0.1, 0.15) is 92.8 Å². The zero-order valence-corrected chi connectivity index (χ0v) is 29.2. The molecule has 2 aromatic heterocycles. The Bertz CT molecular complexity index is 1990. The topological polar surface area (TPSA) is 118 Å². The number of hydrogen-bond acceptors (Lipinski definition) is 8. The number of rotatable bonds is 12. The van der Waals surface area contributed by atoms with Crippen molar-refractivity contribution in [3.8, 4) is 0 Å². The fourth-order valence-electron chi connectivity index (χ4n) is 7.43. The smallest absolute Gasteiger partial charge is 0.253 e. The highest BCUT2D eigenvalue weighted by Gasteiger charge is 2.33. The van der Waals surface area contributed by atoms with Gasteiger partial charge in [0.15, 0.2) is 11.6 Å². The van der Waals surface area contributed by atoms with E-state index >= 15 is 0 Å². The molecule has 0 unspecified atom stereocenters. The van der Waals surface area contributed by atoms with Crippen molar-refractivity contribution in [1.82, 2.24) is 30.1 Å². The Kier molecular flexibility index (Phi) is 9.86. The Morgan fingerprint density at radius 3 is 1.46 bits per heavy atom.